The highest BCUT2D eigenvalue weighted by Crippen LogP contribution is 2.13. The Balaban J connectivity index is 1.69. The fourth-order valence-corrected chi connectivity index (χ4v) is 2.16. The lowest BCUT2D eigenvalue weighted by molar-refractivity contribution is -0.145. The average Bonchev–Trinajstić information content (AvgIpc) is 2.89. The maximum Gasteiger partial charge on any atom is 0.329 e. The van der Waals surface area contributed by atoms with Gasteiger partial charge in [-0.1, -0.05) is 0 Å². The predicted octanol–water partition coefficient (Wildman–Crippen LogP) is 0.758. The molecular formula is C13H19N3O5. The Morgan fingerprint density at radius 2 is 2.24 bits per heavy atom. The molecule has 1 aliphatic heterocycles. The van der Waals surface area contributed by atoms with E-state index in [1.165, 1.54) is 0 Å². The number of urea groups is 1. The number of hydrogen-bond acceptors (Lipinski definition) is 5. The lowest BCUT2D eigenvalue weighted by Crippen LogP contribution is -2.45. The third kappa shape index (κ3) is 4.75. The third-order valence-corrected chi connectivity index (χ3v) is 3.23. The number of aliphatic carboxylic acids is 1. The van der Waals surface area contributed by atoms with E-state index in [1.807, 2.05) is 0 Å². The lowest BCUT2D eigenvalue weighted by Gasteiger charge is -2.31. The van der Waals surface area contributed by atoms with Crippen LogP contribution in [-0.4, -0.2) is 52.8 Å². The molecule has 8 nitrogen and oxygen atoms in total. The second kappa shape index (κ2) is 7.07. The Kier molecular flexibility index (Phi) is 5.15. The first-order valence-electron chi connectivity index (χ1n) is 6.82. The van der Waals surface area contributed by atoms with Gasteiger partial charge >= 0.3 is 12.0 Å². The minimum Gasteiger partial charge on any atom is -0.480 e. The molecule has 0 unspecified atom stereocenters. The molecule has 1 aromatic heterocycles. The molecule has 0 spiro atoms. The number of ether oxygens (including phenoxy) is 1. The van der Waals surface area contributed by atoms with Gasteiger partial charge < -0.3 is 24.5 Å². The number of carboxylic acids is 1. The first kappa shape index (κ1) is 15.3. The zero-order valence-electron chi connectivity index (χ0n) is 11.9. The number of nitrogens with one attached hydrogen (secondary N) is 1. The van der Waals surface area contributed by atoms with Gasteiger partial charge in [-0.3, -0.25) is 0 Å². The van der Waals surface area contributed by atoms with E-state index >= 15 is 0 Å². The Morgan fingerprint density at radius 3 is 2.81 bits per heavy atom. The fourth-order valence-electron chi connectivity index (χ4n) is 2.16. The number of piperidine rings is 1. The molecule has 0 atom stereocenters. The number of hydrogen-bond donors (Lipinski definition) is 2. The summed E-state index contributed by atoms with van der Waals surface area (Å²) in [5.74, 6) is 0.201. The van der Waals surface area contributed by atoms with Crippen molar-refractivity contribution in [1.82, 2.24) is 15.2 Å². The van der Waals surface area contributed by atoms with Gasteiger partial charge in [0.2, 0.25) is 5.89 Å². The lowest BCUT2D eigenvalue weighted by atomic mass is 10.1. The summed E-state index contributed by atoms with van der Waals surface area (Å²) in [4.78, 5) is 28.1. The summed E-state index contributed by atoms with van der Waals surface area (Å²) in [7, 11) is 0. The summed E-state index contributed by atoms with van der Waals surface area (Å²) in [6.07, 6.45) is 2.78. The summed E-state index contributed by atoms with van der Waals surface area (Å²) < 4.78 is 10.5. The van der Waals surface area contributed by atoms with Crippen LogP contribution in [-0.2, 0) is 16.1 Å². The standard InChI is InChI=1S/C13H19N3O5/c1-9-6-14-11(21-9)7-15-13(19)16-4-2-10(3-5-16)20-8-12(17)18/h6,10H,2-5,7-8H2,1H3,(H,15,19)(H,17,18). The number of carboxylic acid groups (broad SMARTS) is 1. The summed E-state index contributed by atoms with van der Waals surface area (Å²) >= 11 is 0. The van der Waals surface area contributed by atoms with Crippen molar-refractivity contribution < 1.29 is 23.8 Å². The number of carbonyl (C=O) groups excluding carboxylic acids is 1. The van der Waals surface area contributed by atoms with Gasteiger partial charge in [0.15, 0.2) is 0 Å². The molecule has 2 N–H and O–H groups in total. The fraction of sp³-hybridized carbons (Fsp3) is 0.615. The van der Waals surface area contributed by atoms with Crippen LogP contribution < -0.4 is 5.32 Å². The molecule has 116 valence electrons. The Labute approximate surface area is 122 Å². The third-order valence-electron chi connectivity index (χ3n) is 3.23. The van der Waals surface area contributed by atoms with Gasteiger partial charge in [0.25, 0.3) is 0 Å². The molecule has 0 aromatic carbocycles. The van der Waals surface area contributed by atoms with E-state index in [9.17, 15) is 9.59 Å². The van der Waals surface area contributed by atoms with Crippen molar-refractivity contribution in [2.45, 2.75) is 32.4 Å². The number of rotatable bonds is 5. The van der Waals surface area contributed by atoms with Crippen LogP contribution in [0.25, 0.3) is 0 Å². The summed E-state index contributed by atoms with van der Waals surface area (Å²) in [5.41, 5.74) is 0. The molecule has 0 bridgehead atoms. The zero-order valence-corrected chi connectivity index (χ0v) is 11.9. The predicted molar refractivity (Wildman–Crippen MR) is 71.7 cm³/mol. The van der Waals surface area contributed by atoms with Gasteiger partial charge in [0.1, 0.15) is 12.4 Å². The normalized spacial score (nSPS) is 16.0. The van der Waals surface area contributed by atoms with Crippen LogP contribution in [0.4, 0.5) is 4.79 Å². The van der Waals surface area contributed by atoms with E-state index < -0.39 is 5.97 Å². The second-order valence-corrected chi connectivity index (χ2v) is 4.91. The van der Waals surface area contributed by atoms with Crippen LogP contribution in [0.3, 0.4) is 0 Å². The van der Waals surface area contributed by atoms with Gasteiger partial charge in [0.05, 0.1) is 18.8 Å². The van der Waals surface area contributed by atoms with E-state index in [0.29, 0.717) is 37.6 Å². The van der Waals surface area contributed by atoms with E-state index in [4.69, 9.17) is 14.3 Å². The molecule has 0 saturated carbocycles. The largest absolute Gasteiger partial charge is 0.480 e. The number of amides is 2. The van der Waals surface area contributed by atoms with Crippen molar-refractivity contribution in [3.05, 3.63) is 17.8 Å². The minimum atomic E-state index is -0.976. The number of aryl methyl sites for hydroxylation is 1. The maximum absolute atomic E-state index is 12.0. The van der Waals surface area contributed by atoms with Gasteiger partial charge in [-0.25, -0.2) is 14.6 Å². The highest BCUT2D eigenvalue weighted by Gasteiger charge is 2.23. The Hall–Kier alpha value is -2.09. The van der Waals surface area contributed by atoms with Crippen molar-refractivity contribution >= 4 is 12.0 Å². The smallest absolute Gasteiger partial charge is 0.329 e. The van der Waals surface area contributed by atoms with Crippen LogP contribution in [0.5, 0.6) is 0 Å². The van der Waals surface area contributed by atoms with Crippen LogP contribution >= 0.6 is 0 Å². The summed E-state index contributed by atoms with van der Waals surface area (Å²) in [5, 5.41) is 11.3. The molecule has 1 aliphatic rings. The topological polar surface area (TPSA) is 105 Å². The molecule has 1 aromatic rings. The molecule has 0 aliphatic carbocycles. The van der Waals surface area contributed by atoms with Crippen molar-refractivity contribution in [2.24, 2.45) is 0 Å². The van der Waals surface area contributed by atoms with Crippen LogP contribution in [0.2, 0.25) is 0 Å². The second-order valence-electron chi connectivity index (χ2n) is 4.91. The molecule has 2 amide bonds. The first-order valence-corrected chi connectivity index (χ1v) is 6.82. The number of aromatic nitrogens is 1. The zero-order chi connectivity index (χ0) is 15.2. The maximum atomic E-state index is 12.0. The van der Waals surface area contributed by atoms with Crippen LogP contribution in [0, 0.1) is 6.92 Å². The van der Waals surface area contributed by atoms with Crippen LogP contribution in [0.1, 0.15) is 24.5 Å². The molecule has 0 radical (unpaired) electrons. The number of carbonyl (C=O) groups is 2. The SMILES string of the molecule is Cc1cnc(CNC(=O)N2CCC(OCC(=O)O)CC2)o1. The number of likely N-dealkylation sites (tertiary alicyclic amines) is 1. The minimum absolute atomic E-state index is 0.0976. The van der Waals surface area contributed by atoms with Gasteiger partial charge in [-0.2, -0.15) is 0 Å². The quantitative estimate of drug-likeness (QED) is 0.831. The molecule has 21 heavy (non-hydrogen) atoms. The van der Waals surface area contributed by atoms with E-state index in [-0.39, 0.29) is 25.3 Å². The Bertz CT molecular complexity index is 494. The number of oxazole rings is 1. The first-order chi connectivity index (χ1) is 10.0. The van der Waals surface area contributed by atoms with E-state index in [0.717, 1.165) is 0 Å². The molecule has 8 heteroatoms. The van der Waals surface area contributed by atoms with Gasteiger partial charge in [-0.15, -0.1) is 0 Å². The molecule has 1 saturated heterocycles. The van der Waals surface area contributed by atoms with Crippen molar-refractivity contribution in [1.29, 1.82) is 0 Å². The highest BCUT2D eigenvalue weighted by atomic mass is 16.5. The van der Waals surface area contributed by atoms with Crippen molar-refractivity contribution in [3.63, 3.8) is 0 Å². The Morgan fingerprint density at radius 1 is 1.52 bits per heavy atom. The molecule has 1 fully saturated rings. The highest BCUT2D eigenvalue weighted by molar-refractivity contribution is 5.74. The van der Waals surface area contributed by atoms with Gasteiger partial charge in [-0.05, 0) is 19.8 Å². The molecule has 2 rings (SSSR count). The van der Waals surface area contributed by atoms with Crippen molar-refractivity contribution in [3.8, 4) is 0 Å². The van der Waals surface area contributed by atoms with Crippen LogP contribution in [0.15, 0.2) is 10.6 Å². The molecular weight excluding hydrogens is 278 g/mol. The average molecular weight is 297 g/mol. The summed E-state index contributed by atoms with van der Waals surface area (Å²) in [6, 6.07) is -0.178. The summed E-state index contributed by atoms with van der Waals surface area (Å²) in [6.45, 7) is 2.84. The van der Waals surface area contributed by atoms with Gasteiger partial charge in [0, 0.05) is 13.1 Å². The molecule has 2 heterocycles. The monoisotopic (exact) mass is 297 g/mol. The van der Waals surface area contributed by atoms with Crippen molar-refractivity contribution in [2.75, 3.05) is 19.7 Å². The number of nitrogens with zero attached hydrogens (tertiary/aromatic N) is 2. The van der Waals surface area contributed by atoms with E-state index in [2.05, 4.69) is 10.3 Å². The van der Waals surface area contributed by atoms with E-state index in [1.54, 1.807) is 18.0 Å².